The van der Waals surface area contributed by atoms with Crippen molar-refractivity contribution in [3.05, 3.63) is 17.8 Å². The minimum Gasteiger partial charge on any atom is -0.476 e. The Balaban J connectivity index is 2.12. The molecule has 0 amide bonds. The van der Waals surface area contributed by atoms with E-state index in [2.05, 4.69) is 15.1 Å². The lowest BCUT2D eigenvalue weighted by molar-refractivity contribution is 0.0689. The van der Waals surface area contributed by atoms with E-state index in [4.69, 9.17) is 9.84 Å². The largest absolute Gasteiger partial charge is 0.476 e. The first kappa shape index (κ1) is 11.8. The standard InChI is InChI=1S/C11H15N3O3/c1-8-7-14(5-2-6-17-8)10-4-3-9(11(15)16)12-13-10/h3-4,8H,2,5-7H2,1H3,(H,15,16). The van der Waals surface area contributed by atoms with Crippen LogP contribution in [0.3, 0.4) is 0 Å². The van der Waals surface area contributed by atoms with E-state index < -0.39 is 5.97 Å². The van der Waals surface area contributed by atoms with Crippen LogP contribution in [-0.2, 0) is 4.74 Å². The highest BCUT2D eigenvalue weighted by molar-refractivity contribution is 5.85. The zero-order valence-electron chi connectivity index (χ0n) is 9.67. The predicted molar refractivity (Wildman–Crippen MR) is 61.2 cm³/mol. The van der Waals surface area contributed by atoms with Crippen LogP contribution in [0.1, 0.15) is 23.8 Å². The molecule has 2 heterocycles. The molecule has 0 radical (unpaired) electrons. The number of carboxylic acids is 1. The molecule has 1 saturated heterocycles. The predicted octanol–water partition coefficient (Wildman–Crippen LogP) is 0.790. The molecule has 6 heteroatoms. The molecule has 0 bridgehead atoms. The number of nitrogens with zero attached hydrogens (tertiary/aromatic N) is 3. The van der Waals surface area contributed by atoms with E-state index in [-0.39, 0.29) is 11.8 Å². The van der Waals surface area contributed by atoms with Gasteiger partial charge >= 0.3 is 5.97 Å². The van der Waals surface area contributed by atoms with Gasteiger partial charge in [0.15, 0.2) is 11.5 Å². The Morgan fingerprint density at radius 2 is 2.35 bits per heavy atom. The molecule has 92 valence electrons. The van der Waals surface area contributed by atoms with Crippen molar-refractivity contribution in [2.45, 2.75) is 19.4 Å². The zero-order chi connectivity index (χ0) is 12.3. The van der Waals surface area contributed by atoms with Gasteiger partial charge in [0.2, 0.25) is 0 Å². The van der Waals surface area contributed by atoms with Crippen LogP contribution in [0.15, 0.2) is 12.1 Å². The number of ether oxygens (including phenoxy) is 1. The number of hydrogen-bond donors (Lipinski definition) is 1. The average Bonchev–Trinajstić information content (AvgIpc) is 2.54. The van der Waals surface area contributed by atoms with Gasteiger partial charge in [-0.3, -0.25) is 0 Å². The second kappa shape index (κ2) is 5.09. The molecule has 0 aliphatic carbocycles. The maximum absolute atomic E-state index is 10.7. The fraction of sp³-hybridized carbons (Fsp3) is 0.545. The van der Waals surface area contributed by atoms with E-state index in [1.54, 1.807) is 6.07 Å². The first-order valence-electron chi connectivity index (χ1n) is 5.60. The molecule has 17 heavy (non-hydrogen) atoms. The number of carbonyl (C=O) groups is 1. The topological polar surface area (TPSA) is 75.6 Å². The van der Waals surface area contributed by atoms with Gasteiger partial charge in [-0.25, -0.2) is 4.79 Å². The van der Waals surface area contributed by atoms with Crippen molar-refractivity contribution in [2.75, 3.05) is 24.6 Å². The molecule has 0 spiro atoms. The second-order valence-corrected chi connectivity index (χ2v) is 4.06. The Hall–Kier alpha value is -1.69. The molecule has 6 nitrogen and oxygen atoms in total. The van der Waals surface area contributed by atoms with Crippen LogP contribution in [0.2, 0.25) is 0 Å². The molecule has 1 fully saturated rings. The summed E-state index contributed by atoms with van der Waals surface area (Å²) in [6.07, 6.45) is 1.09. The summed E-state index contributed by atoms with van der Waals surface area (Å²) in [6, 6.07) is 3.16. The maximum Gasteiger partial charge on any atom is 0.356 e. The third kappa shape index (κ3) is 2.91. The number of rotatable bonds is 2. The first-order chi connectivity index (χ1) is 8.16. The smallest absolute Gasteiger partial charge is 0.356 e. The molecular weight excluding hydrogens is 222 g/mol. The Kier molecular flexibility index (Phi) is 3.53. The number of aromatic carboxylic acids is 1. The first-order valence-corrected chi connectivity index (χ1v) is 5.60. The second-order valence-electron chi connectivity index (χ2n) is 4.06. The summed E-state index contributed by atoms with van der Waals surface area (Å²) < 4.78 is 5.53. The normalized spacial score (nSPS) is 21.0. The summed E-state index contributed by atoms with van der Waals surface area (Å²) in [5, 5.41) is 16.4. The van der Waals surface area contributed by atoms with Crippen LogP contribution in [0, 0.1) is 0 Å². The SMILES string of the molecule is CC1CN(c2ccc(C(=O)O)nn2)CCCO1. The van der Waals surface area contributed by atoms with E-state index in [0.29, 0.717) is 5.82 Å². The molecule has 1 aromatic heterocycles. The van der Waals surface area contributed by atoms with E-state index in [0.717, 1.165) is 26.1 Å². The van der Waals surface area contributed by atoms with Crippen LogP contribution >= 0.6 is 0 Å². The summed E-state index contributed by atoms with van der Waals surface area (Å²) in [5.41, 5.74) is -0.0344. The molecule has 1 aromatic rings. The third-order valence-electron chi connectivity index (χ3n) is 2.65. The minimum atomic E-state index is -1.06. The van der Waals surface area contributed by atoms with Gasteiger partial charge in [0, 0.05) is 19.7 Å². The van der Waals surface area contributed by atoms with Crippen molar-refractivity contribution >= 4 is 11.8 Å². The molecule has 2 rings (SSSR count). The lowest BCUT2D eigenvalue weighted by Gasteiger charge is -2.22. The van der Waals surface area contributed by atoms with Gasteiger partial charge < -0.3 is 14.7 Å². The molecule has 1 N–H and O–H groups in total. The van der Waals surface area contributed by atoms with Crippen LogP contribution < -0.4 is 4.90 Å². The van der Waals surface area contributed by atoms with Crippen molar-refractivity contribution < 1.29 is 14.6 Å². The lowest BCUT2D eigenvalue weighted by atomic mass is 10.3. The molecule has 0 aromatic carbocycles. The molecule has 1 unspecified atom stereocenters. The highest BCUT2D eigenvalue weighted by Crippen LogP contribution is 2.14. The molecule has 1 aliphatic heterocycles. The average molecular weight is 237 g/mol. The van der Waals surface area contributed by atoms with Gasteiger partial charge in [-0.05, 0) is 25.5 Å². The summed E-state index contributed by atoms with van der Waals surface area (Å²) in [5.74, 6) is -0.357. The highest BCUT2D eigenvalue weighted by Gasteiger charge is 2.17. The van der Waals surface area contributed by atoms with Gasteiger partial charge in [-0.15, -0.1) is 10.2 Å². The van der Waals surface area contributed by atoms with Crippen molar-refractivity contribution in [3.63, 3.8) is 0 Å². The Bertz CT molecular complexity index is 393. The third-order valence-corrected chi connectivity index (χ3v) is 2.65. The van der Waals surface area contributed by atoms with Gasteiger partial charge in [-0.2, -0.15) is 0 Å². The van der Waals surface area contributed by atoms with Crippen molar-refractivity contribution in [2.24, 2.45) is 0 Å². The fourth-order valence-electron chi connectivity index (χ4n) is 1.81. The molecule has 1 atom stereocenters. The molecule has 0 saturated carbocycles. The van der Waals surface area contributed by atoms with E-state index in [9.17, 15) is 4.79 Å². The van der Waals surface area contributed by atoms with Gasteiger partial charge in [0.05, 0.1) is 6.10 Å². The van der Waals surface area contributed by atoms with Crippen LogP contribution in [0.5, 0.6) is 0 Å². The summed E-state index contributed by atoms with van der Waals surface area (Å²) in [6.45, 7) is 4.36. The fourth-order valence-corrected chi connectivity index (χ4v) is 1.81. The summed E-state index contributed by atoms with van der Waals surface area (Å²) >= 11 is 0. The van der Waals surface area contributed by atoms with Crippen LogP contribution in [-0.4, -0.2) is 47.1 Å². The van der Waals surface area contributed by atoms with Gasteiger partial charge in [0.1, 0.15) is 0 Å². The Labute approximate surface area is 99.2 Å². The van der Waals surface area contributed by atoms with E-state index in [1.807, 2.05) is 6.92 Å². The Morgan fingerprint density at radius 3 is 3.00 bits per heavy atom. The van der Waals surface area contributed by atoms with Crippen LogP contribution in [0.4, 0.5) is 5.82 Å². The van der Waals surface area contributed by atoms with Gasteiger partial charge in [0.25, 0.3) is 0 Å². The number of aromatic nitrogens is 2. The van der Waals surface area contributed by atoms with Crippen LogP contribution in [0.25, 0.3) is 0 Å². The summed E-state index contributed by atoms with van der Waals surface area (Å²) in [7, 11) is 0. The van der Waals surface area contributed by atoms with Crippen molar-refractivity contribution in [1.82, 2.24) is 10.2 Å². The minimum absolute atomic E-state index is 0.0344. The van der Waals surface area contributed by atoms with Crippen molar-refractivity contribution in [3.8, 4) is 0 Å². The Morgan fingerprint density at radius 1 is 1.53 bits per heavy atom. The zero-order valence-corrected chi connectivity index (χ0v) is 9.67. The van der Waals surface area contributed by atoms with Crippen molar-refractivity contribution in [1.29, 1.82) is 0 Å². The number of anilines is 1. The van der Waals surface area contributed by atoms with Gasteiger partial charge in [-0.1, -0.05) is 0 Å². The quantitative estimate of drug-likeness (QED) is 0.819. The maximum atomic E-state index is 10.7. The lowest BCUT2D eigenvalue weighted by Crippen LogP contribution is -2.31. The molecule has 1 aliphatic rings. The monoisotopic (exact) mass is 237 g/mol. The number of hydrogen-bond acceptors (Lipinski definition) is 5. The summed E-state index contributed by atoms with van der Waals surface area (Å²) in [4.78, 5) is 12.7. The van der Waals surface area contributed by atoms with E-state index in [1.165, 1.54) is 6.07 Å². The molecular formula is C11H15N3O3. The highest BCUT2D eigenvalue weighted by atomic mass is 16.5. The van der Waals surface area contributed by atoms with E-state index >= 15 is 0 Å². The number of carboxylic acid groups (broad SMARTS) is 1.